The first-order valence-corrected chi connectivity index (χ1v) is 7.00. The lowest BCUT2D eigenvalue weighted by molar-refractivity contribution is 0.760. The van der Waals surface area contributed by atoms with E-state index in [2.05, 4.69) is 26.0 Å². The first-order chi connectivity index (χ1) is 10.9. The normalized spacial score (nSPS) is 10.3. The van der Waals surface area contributed by atoms with Gasteiger partial charge < -0.3 is 0 Å². The molecule has 0 aliphatic heterocycles. The Hall–Kier alpha value is -3.07. The summed E-state index contributed by atoms with van der Waals surface area (Å²) in [5, 5.41) is 9.16. The van der Waals surface area contributed by atoms with Crippen LogP contribution in [0, 0.1) is 11.3 Å². The van der Waals surface area contributed by atoms with Crippen LogP contribution >= 0.6 is 0 Å². The van der Waals surface area contributed by atoms with Crippen molar-refractivity contribution in [2.24, 2.45) is 0 Å². The zero-order valence-electron chi connectivity index (χ0n) is 11.9. The van der Waals surface area contributed by atoms with Gasteiger partial charge in [0.2, 0.25) is 0 Å². The molecular weight excluding hydrogens is 276 g/mol. The number of pyridine rings is 1. The highest BCUT2D eigenvalue weighted by Gasteiger charge is 2.08. The predicted molar refractivity (Wildman–Crippen MR) is 80.1 cm³/mol. The van der Waals surface area contributed by atoms with Gasteiger partial charge in [0, 0.05) is 31.2 Å². The topological polar surface area (TPSA) is 80.3 Å². The van der Waals surface area contributed by atoms with E-state index in [0.717, 1.165) is 25.1 Å². The summed E-state index contributed by atoms with van der Waals surface area (Å²) in [6.07, 6.45) is 12.9. The quantitative estimate of drug-likeness (QED) is 0.719. The Morgan fingerprint density at radius 3 is 2.68 bits per heavy atom. The van der Waals surface area contributed by atoms with Gasteiger partial charge in [0.1, 0.15) is 23.8 Å². The summed E-state index contributed by atoms with van der Waals surface area (Å²) in [5.74, 6) is 1.31. The summed E-state index contributed by atoms with van der Waals surface area (Å²) in [7, 11) is 0. The van der Waals surface area contributed by atoms with Crippen LogP contribution in [0.1, 0.15) is 23.4 Å². The van der Waals surface area contributed by atoms with Gasteiger partial charge in [-0.2, -0.15) is 5.26 Å². The molecule has 0 aliphatic carbocycles. The van der Waals surface area contributed by atoms with Gasteiger partial charge in [-0.3, -0.25) is 9.55 Å². The number of imidazole rings is 1. The molecule has 3 rings (SSSR count). The number of rotatable bonds is 5. The van der Waals surface area contributed by atoms with Gasteiger partial charge in [0.25, 0.3) is 0 Å². The third kappa shape index (κ3) is 3.15. The van der Waals surface area contributed by atoms with Crippen LogP contribution in [0.5, 0.6) is 0 Å². The highest BCUT2D eigenvalue weighted by molar-refractivity contribution is 5.41. The molecule has 0 aromatic carbocycles. The van der Waals surface area contributed by atoms with Crippen molar-refractivity contribution in [2.45, 2.75) is 19.3 Å². The molecule has 0 N–H and O–H groups in total. The third-order valence-corrected chi connectivity index (χ3v) is 3.30. The molecule has 3 heterocycles. The minimum absolute atomic E-state index is 0.441. The Balaban J connectivity index is 1.72. The summed E-state index contributed by atoms with van der Waals surface area (Å²) in [6.45, 7) is 0. The molecule has 3 aromatic heterocycles. The summed E-state index contributed by atoms with van der Waals surface area (Å²) >= 11 is 0. The van der Waals surface area contributed by atoms with Gasteiger partial charge in [-0.1, -0.05) is 0 Å². The first-order valence-electron chi connectivity index (χ1n) is 7.00. The number of nitriles is 1. The van der Waals surface area contributed by atoms with Crippen molar-refractivity contribution in [3.8, 4) is 11.9 Å². The molecule has 0 radical (unpaired) electrons. The smallest absolute Gasteiger partial charge is 0.159 e. The van der Waals surface area contributed by atoms with E-state index in [1.165, 1.54) is 5.56 Å². The van der Waals surface area contributed by atoms with Crippen molar-refractivity contribution in [3.05, 3.63) is 66.4 Å². The van der Waals surface area contributed by atoms with E-state index in [4.69, 9.17) is 5.26 Å². The molecule has 0 fully saturated rings. The van der Waals surface area contributed by atoms with Crippen LogP contribution in [0.3, 0.4) is 0 Å². The molecule has 0 aliphatic rings. The SMILES string of the molecule is N#Cc1cnc(CCCc2ccncc2)nc1-n1ccnc1. The second kappa shape index (κ2) is 6.59. The average molecular weight is 290 g/mol. The second-order valence-electron chi connectivity index (χ2n) is 4.81. The largest absolute Gasteiger partial charge is 0.289 e. The van der Waals surface area contributed by atoms with E-state index in [1.807, 2.05) is 12.1 Å². The molecular formula is C16H14N6. The van der Waals surface area contributed by atoms with Crippen molar-refractivity contribution in [1.29, 1.82) is 5.26 Å². The van der Waals surface area contributed by atoms with E-state index in [9.17, 15) is 0 Å². The van der Waals surface area contributed by atoms with Crippen LogP contribution in [0.2, 0.25) is 0 Å². The Labute approximate surface area is 128 Å². The van der Waals surface area contributed by atoms with E-state index >= 15 is 0 Å². The summed E-state index contributed by atoms with van der Waals surface area (Å²) in [5.41, 5.74) is 1.69. The number of hydrogen-bond acceptors (Lipinski definition) is 5. The Bertz CT molecular complexity index is 774. The van der Waals surface area contributed by atoms with E-state index in [0.29, 0.717) is 11.4 Å². The van der Waals surface area contributed by atoms with Crippen LogP contribution in [-0.4, -0.2) is 24.5 Å². The molecule has 0 saturated carbocycles. The van der Waals surface area contributed by atoms with Gasteiger partial charge in [-0.25, -0.2) is 15.0 Å². The molecule has 3 aromatic rings. The Morgan fingerprint density at radius 2 is 1.95 bits per heavy atom. The Morgan fingerprint density at radius 1 is 1.09 bits per heavy atom. The molecule has 0 atom stereocenters. The highest BCUT2D eigenvalue weighted by Crippen LogP contribution is 2.11. The van der Waals surface area contributed by atoms with Crippen molar-refractivity contribution in [2.75, 3.05) is 0 Å². The summed E-state index contributed by atoms with van der Waals surface area (Å²) in [4.78, 5) is 16.8. The van der Waals surface area contributed by atoms with Crippen LogP contribution in [0.15, 0.2) is 49.4 Å². The van der Waals surface area contributed by atoms with Crippen molar-refractivity contribution in [3.63, 3.8) is 0 Å². The van der Waals surface area contributed by atoms with Crippen molar-refractivity contribution in [1.82, 2.24) is 24.5 Å². The number of aromatic nitrogens is 5. The molecule has 22 heavy (non-hydrogen) atoms. The molecule has 0 amide bonds. The number of hydrogen-bond donors (Lipinski definition) is 0. The highest BCUT2D eigenvalue weighted by atomic mass is 15.1. The third-order valence-electron chi connectivity index (χ3n) is 3.30. The zero-order chi connectivity index (χ0) is 15.2. The predicted octanol–water partition coefficient (Wildman–Crippen LogP) is 2.10. The molecule has 108 valence electrons. The number of aryl methyl sites for hydroxylation is 2. The maximum atomic E-state index is 9.16. The van der Waals surface area contributed by atoms with Crippen LogP contribution in [0.4, 0.5) is 0 Å². The fourth-order valence-corrected chi connectivity index (χ4v) is 2.19. The molecule has 6 nitrogen and oxygen atoms in total. The lowest BCUT2D eigenvalue weighted by Gasteiger charge is -2.06. The second-order valence-corrected chi connectivity index (χ2v) is 4.81. The maximum Gasteiger partial charge on any atom is 0.159 e. The van der Waals surface area contributed by atoms with Crippen LogP contribution in [0.25, 0.3) is 5.82 Å². The fraction of sp³-hybridized carbons (Fsp3) is 0.188. The van der Waals surface area contributed by atoms with Crippen molar-refractivity contribution >= 4 is 0 Å². The lowest BCUT2D eigenvalue weighted by atomic mass is 10.1. The zero-order valence-corrected chi connectivity index (χ0v) is 11.9. The van der Waals surface area contributed by atoms with E-state index < -0.39 is 0 Å². The monoisotopic (exact) mass is 290 g/mol. The molecule has 0 bridgehead atoms. The van der Waals surface area contributed by atoms with Crippen molar-refractivity contribution < 1.29 is 0 Å². The molecule has 0 spiro atoms. The lowest BCUT2D eigenvalue weighted by Crippen LogP contribution is -2.05. The van der Waals surface area contributed by atoms with E-state index in [-0.39, 0.29) is 0 Å². The molecule has 0 unspecified atom stereocenters. The molecule has 0 saturated heterocycles. The standard InChI is InChI=1S/C16H14N6/c17-10-14-11-20-15(21-16(14)22-9-8-19-12-22)3-1-2-13-4-6-18-7-5-13/h4-9,11-12H,1-3H2. The van der Waals surface area contributed by atoms with Gasteiger partial charge in [-0.15, -0.1) is 0 Å². The number of nitrogens with zero attached hydrogens (tertiary/aromatic N) is 6. The van der Waals surface area contributed by atoms with Crippen LogP contribution < -0.4 is 0 Å². The summed E-state index contributed by atoms with van der Waals surface area (Å²) in [6, 6.07) is 6.13. The van der Waals surface area contributed by atoms with Gasteiger partial charge >= 0.3 is 0 Å². The average Bonchev–Trinajstić information content (AvgIpc) is 3.10. The minimum Gasteiger partial charge on any atom is -0.289 e. The van der Waals surface area contributed by atoms with Gasteiger partial charge in [0.15, 0.2) is 5.82 Å². The van der Waals surface area contributed by atoms with E-state index in [1.54, 1.807) is 41.9 Å². The maximum absolute atomic E-state index is 9.16. The molecule has 6 heteroatoms. The fourth-order valence-electron chi connectivity index (χ4n) is 2.19. The Kier molecular flexibility index (Phi) is 4.16. The van der Waals surface area contributed by atoms with Gasteiger partial charge in [-0.05, 0) is 30.5 Å². The minimum atomic E-state index is 0.441. The van der Waals surface area contributed by atoms with Crippen LogP contribution in [-0.2, 0) is 12.8 Å². The summed E-state index contributed by atoms with van der Waals surface area (Å²) < 4.78 is 1.73. The first kappa shape index (κ1) is 13.9. The van der Waals surface area contributed by atoms with Gasteiger partial charge in [0.05, 0.1) is 6.20 Å².